The summed E-state index contributed by atoms with van der Waals surface area (Å²) in [5.41, 5.74) is 9.39. The number of fused-ring (bicyclic) bond motifs is 1. The molecule has 1 aliphatic rings. The standard InChI is InChI=1S/C25H27N3O5/c1-14-5-4-6-15(2)22(14)20-12-27-24(30)19-11-17(7-8-18(19)20)33-16(3)25(31)28-9-10-32-13-21(28)23(26)29/h4-8,11-12,16,21H,9-10,13H2,1-3H3,(H2,26,29)(H,27,30)/t16-,21-/m1/s1. The smallest absolute Gasteiger partial charge is 0.264 e. The summed E-state index contributed by atoms with van der Waals surface area (Å²) in [4.78, 5) is 41.5. The molecule has 1 aromatic heterocycles. The number of hydrogen-bond acceptors (Lipinski definition) is 5. The second kappa shape index (κ2) is 9.07. The molecule has 1 aliphatic heterocycles. The Bertz CT molecular complexity index is 1260. The Labute approximate surface area is 191 Å². The van der Waals surface area contributed by atoms with Crippen LogP contribution in [-0.4, -0.2) is 53.6 Å². The lowest BCUT2D eigenvalue weighted by Gasteiger charge is -2.35. The maximum Gasteiger partial charge on any atom is 0.264 e. The number of H-pyrrole nitrogens is 1. The lowest BCUT2D eigenvalue weighted by molar-refractivity contribution is -0.152. The van der Waals surface area contributed by atoms with Crippen molar-refractivity contribution in [1.82, 2.24) is 9.88 Å². The first-order valence-electron chi connectivity index (χ1n) is 10.8. The molecular weight excluding hydrogens is 422 g/mol. The predicted molar refractivity (Wildman–Crippen MR) is 125 cm³/mol. The number of nitrogens with zero attached hydrogens (tertiary/aromatic N) is 1. The van der Waals surface area contributed by atoms with Crippen molar-refractivity contribution in [2.24, 2.45) is 5.73 Å². The number of ether oxygens (including phenoxy) is 2. The molecule has 0 spiro atoms. The molecule has 0 aliphatic carbocycles. The van der Waals surface area contributed by atoms with Crippen LogP contribution in [0.5, 0.6) is 5.75 Å². The molecule has 3 aromatic rings. The summed E-state index contributed by atoms with van der Waals surface area (Å²) in [6.45, 7) is 6.34. The van der Waals surface area contributed by atoms with Crippen molar-refractivity contribution in [3.05, 3.63) is 64.1 Å². The molecule has 8 nitrogen and oxygen atoms in total. The molecule has 172 valence electrons. The molecular formula is C25H27N3O5. The molecule has 3 N–H and O–H groups in total. The summed E-state index contributed by atoms with van der Waals surface area (Å²) >= 11 is 0. The topological polar surface area (TPSA) is 115 Å². The van der Waals surface area contributed by atoms with Gasteiger partial charge in [0.05, 0.1) is 18.6 Å². The normalized spacial score (nSPS) is 17.1. The van der Waals surface area contributed by atoms with Crippen LogP contribution < -0.4 is 16.0 Å². The lowest BCUT2D eigenvalue weighted by Crippen LogP contribution is -2.57. The average Bonchev–Trinajstić information content (AvgIpc) is 2.80. The van der Waals surface area contributed by atoms with Crippen molar-refractivity contribution in [2.75, 3.05) is 19.8 Å². The minimum Gasteiger partial charge on any atom is -0.481 e. The van der Waals surface area contributed by atoms with Crippen LogP contribution in [0.1, 0.15) is 18.1 Å². The molecule has 2 amide bonds. The second-order valence-electron chi connectivity index (χ2n) is 8.29. The Kier molecular flexibility index (Phi) is 6.20. The Hall–Kier alpha value is -3.65. The SMILES string of the molecule is Cc1cccc(C)c1-c1c[nH]c(=O)c2cc(O[C@H](C)C(=O)N3CCOC[C@@H]3C(N)=O)ccc12. The van der Waals surface area contributed by atoms with Gasteiger partial charge in [-0.3, -0.25) is 14.4 Å². The van der Waals surface area contributed by atoms with Crippen LogP contribution in [0.2, 0.25) is 0 Å². The number of carbonyl (C=O) groups is 2. The van der Waals surface area contributed by atoms with Crippen molar-refractivity contribution < 1.29 is 19.1 Å². The van der Waals surface area contributed by atoms with E-state index in [9.17, 15) is 14.4 Å². The fourth-order valence-electron chi connectivity index (χ4n) is 4.35. The molecule has 1 fully saturated rings. The lowest BCUT2D eigenvalue weighted by atomic mass is 9.93. The number of pyridine rings is 1. The van der Waals surface area contributed by atoms with Crippen LogP contribution in [0.3, 0.4) is 0 Å². The highest BCUT2D eigenvalue weighted by atomic mass is 16.5. The van der Waals surface area contributed by atoms with Gasteiger partial charge in [0, 0.05) is 18.3 Å². The number of aryl methyl sites for hydroxylation is 2. The summed E-state index contributed by atoms with van der Waals surface area (Å²) in [6, 6.07) is 10.5. The highest BCUT2D eigenvalue weighted by Gasteiger charge is 2.34. The molecule has 2 heterocycles. The molecule has 0 saturated carbocycles. The van der Waals surface area contributed by atoms with Gasteiger partial charge < -0.3 is 25.1 Å². The van der Waals surface area contributed by atoms with E-state index < -0.39 is 18.1 Å². The molecule has 1 saturated heterocycles. The number of nitrogens with two attached hydrogens (primary N) is 1. The number of morpholine rings is 1. The van der Waals surface area contributed by atoms with E-state index in [0.717, 1.165) is 27.6 Å². The van der Waals surface area contributed by atoms with Crippen LogP contribution in [0, 0.1) is 13.8 Å². The summed E-state index contributed by atoms with van der Waals surface area (Å²) in [6.07, 6.45) is 0.859. The van der Waals surface area contributed by atoms with E-state index in [1.165, 1.54) is 4.90 Å². The molecule has 4 rings (SSSR count). The minimum atomic E-state index is -0.872. The molecule has 0 radical (unpaired) electrons. The summed E-state index contributed by atoms with van der Waals surface area (Å²) < 4.78 is 11.2. The van der Waals surface area contributed by atoms with Crippen LogP contribution in [0.4, 0.5) is 0 Å². The number of rotatable bonds is 5. The van der Waals surface area contributed by atoms with Gasteiger partial charge in [-0.15, -0.1) is 0 Å². The number of carbonyl (C=O) groups excluding carboxylic acids is 2. The van der Waals surface area contributed by atoms with E-state index in [2.05, 4.69) is 4.98 Å². The van der Waals surface area contributed by atoms with E-state index in [0.29, 0.717) is 17.7 Å². The monoisotopic (exact) mass is 449 g/mol. The number of aromatic amines is 1. The van der Waals surface area contributed by atoms with E-state index >= 15 is 0 Å². The zero-order valence-electron chi connectivity index (χ0n) is 18.9. The van der Waals surface area contributed by atoms with E-state index in [-0.39, 0.29) is 24.6 Å². The third-order valence-corrected chi connectivity index (χ3v) is 6.02. The van der Waals surface area contributed by atoms with E-state index in [1.807, 2.05) is 38.1 Å². The van der Waals surface area contributed by atoms with E-state index in [4.69, 9.17) is 15.2 Å². The van der Waals surface area contributed by atoms with Crippen LogP contribution in [0.25, 0.3) is 21.9 Å². The maximum atomic E-state index is 12.9. The van der Waals surface area contributed by atoms with Crippen LogP contribution in [0.15, 0.2) is 47.4 Å². The summed E-state index contributed by atoms with van der Waals surface area (Å²) in [5.74, 6) is -0.594. The van der Waals surface area contributed by atoms with Crippen LogP contribution >= 0.6 is 0 Å². The van der Waals surface area contributed by atoms with Gasteiger partial charge in [-0.25, -0.2) is 0 Å². The van der Waals surface area contributed by atoms with Crippen molar-refractivity contribution >= 4 is 22.6 Å². The van der Waals surface area contributed by atoms with Gasteiger partial charge in [0.15, 0.2) is 6.10 Å². The van der Waals surface area contributed by atoms with Gasteiger partial charge in [-0.2, -0.15) is 0 Å². The van der Waals surface area contributed by atoms with Crippen molar-refractivity contribution in [2.45, 2.75) is 32.9 Å². The number of nitrogens with one attached hydrogen (secondary N) is 1. The first-order chi connectivity index (χ1) is 15.8. The molecule has 8 heteroatoms. The first-order valence-corrected chi connectivity index (χ1v) is 10.8. The third-order valence-electron chi connectivity index (χ3n) is 6.02. The Morgan fingerprint density at radius 1 is 1.18 bits per heavy atom. The van der Waals surface area contributed by atoms with Gasteiger partial charge >= 0.3 is 0 Å². The van der Waals surface area contributed by atoms with Crippen molar-refractivity contribution in [3.63, 3.8) is 0 Å². The molecule has 2 atom stereocenters. The fraction of sp³-hybridized carbons (Fsp3) is 0.320. The van der Waals surface area contributed by atoms with Gasteiger partial charge in [0.1, 0.15) is 11.8 Å². The molecule has 0 unspecified atom stereocenters. The number of benzene rings is 2. The highest BCUT2D eigenvalue weighted by Crippen LogP contribution is 2.33. The number of primary amides is 1. The largest absolute Gasteiger partial charge is 0.481 e. The number of amides is 2. The van der Waals surface area contributed by atoms with Crippen LogP contribution in [-0.2, 0) is 14.3 Å². The maximum absolute atomic E-state index is 12.9. The molecule has 33 heavy (non-hydrogen) atoms. The fourth-order valence-corrected chi connectivity index (χ4v) is 4.35. The van der Waals surface area contributed by atoms with Gasteiger partial charge in [-0.1, -0.05) is 18.2 Å². The van der Waals surface area contributed by atoms with E-state index in [1.54, 1.807) is 25.3 Å². The second-order valence-corrected chi connectivity index (χ2v) is 8.29. The van der Waals surface area contributed by atoms with Crippen molar-refractivity contribution in [1.29, 1.82) is 0 Å². The third kappa shape index (κ3) is 4.34. The predicted octanol–water partition coefficient (Wildman–Crippen LogP) is 2.29. The first kappa shape index (κ1) is 22.5. The molecule has 2 aromatic carbocycles. The zero-order valence-corrected chi connectivity index (χ0v) is 18.9. The van der Waals surface area contributed by atoms with Gasteiger partial charge in [0.25, 0.3) is 11.5 Å². The van der Waals surface area contributed by atoms with Gasteiger partial charge in [0.2, 0.25) is 5.91 Å². The Morgan fingerprint density at radius 3 is 2.61 bits per heavy atom. The average molecular weight is 450 g/mol. The highest BCUT2D eigenvalue weighted by molar-refractivity contribution is 5.98. The Morgan fingerprint density at radius 2 is 1.91 bits per heavy atom. The molecule has 0 bridgehead atoms. The minimum absolute atomic E-state index is 0.0697. The van der Waals surface area contributed by atoms with Crippen molar-refractivity contribution in [3.8, 4) is 16.9 Å². The summed E-state index contributed by atoms with van der Waals surface area (Å²) in [5, 5.41) is 1.26. The quantitative estimate of drug-likeness (QED) is 0.620. The van der Waals surface area contributed by atoms with Gasteiger partial charge in [-0.05, 0) is 61.0 Å². The Balaban J connectivity index is 1.65. The summed E-state index contributed by atoms with van der Waals surface area (Å²) in [7, 11) is 0. The number of aromatic nitrogens is 1. The zero-order chi connectivity index (χ0) is 23.7. The number of hydrogen-bond donors (Lipinski definition) is 2.